The van der Waals surface area contributed by atoms with Crippen molar-refractivity contribution in [2.24, 2.45) is 10.4 Å². The van der Waals surface area contributed by atoms with Gasteiger partial charge >= 0.3 is 5.69 Å². The third-order valence-electron chi connectivity index (χ3n) is 5.02. The average Bonchev–Trinajstić information content (AvgIpc) is 2.65. The Labute approximate surface area is 176 Å². The number of phenols is 1. The number of hydrogen-bond acceptors (Lipinski definition) is 5. The molecule has 156 valence electrons. The molecule has 3 aromatic rings. The van der Waals surface area contributed by atoms with Gasteiger partial charge in [0.15, 0.2) is 0 Å². The molecular weight excluding hydrogens is 378 g/mol. The Morgan fingerprint density at radius 3 is 2.50 bits per heavy atom. The number of benzene rings is 2. The lowest BCUT2D eigenvalue weighted by atomic mass is 9.72. The zero-order valence-electron chi connectivity index (χ0n) is 18.0. The second-order valence-electron chi connectivity index (χ2n) is 9.42. The second kappa shape index (κ2) is 7.86. The monoisotopic (exact) mass is 405 g/mol. The molecule has 0 atom stereocenters. The summed E-state index contributed by atoms with van der Waals surface area (Å²) in [4.78, 5) is 19.9. The van der Waals surface area contributed by atoms with Crippen molar-refractivity contribution in [2.45, 2.75) is 46.5 Å². The van der Waals surface area contributed by atoms with Crippen LogP contribution in [0, 0.1) is 15.5 Å². The van der Waals surface area contributed by atoms with Crippen LogP contribution in [0.25, 0.3) is 10.9 Å². The first-order valence-electron chi connectivity index (χ1n) is 9.88. The largest absolute Gasteiger partial charge is 0.502 e. The van der Waals surface area contributed by atoms with E-state index in [1.54, 1.807) is 12.3 Å². The Kier molecular flexibility index (Phi) is 5.61. The van der Waals surface area contributed by atoms with E-state index in [9.17, 15) is 15.2 Å². The number of nitro groups is 1. The van der Waals surface area contributed by atoms with Crippen molar-refractivity contribution in [1.82, 2.24) is 4.98 Å². The van der Waals surface area contributed by atoms with Crippen LogP contribution in [-0.2, 0) is 5.41 Å². The molecule has 0 aliphatic rings. The van der Waals surface area contributed by atoms with Crippen LogP contribution >= 0.6 is 0 Å². The van der Waals surface area contributed by atoms with Gasteiger partial charge in [0.05, 0.1) is 16.1 Å². The normalized spacial score (nSPS) is 12.6. The molecule has 6 heteroatoms. The number of nitrogens with zero attached hydrogens (tertiary/aromatic N) is 3. The van der Waals surface area contributed by atoms with Crippen LogP contribution in [0.4, 0.5) is 11.4 Å². The van der Waals surface area contributed by atoms with Gasteiger partial charge in [0.1, 0.15) is 0 Å². The maximum atomic E-state index is 11.6. The van der Waals surface area contributed by atoms with E-state index in [0.29, 0.717) is 11.3 Å². The Bertz CT molecular complexity index is 1120. The highest BCUT2D eigenvalue weighted by Crippen LogP contribution is 2.40. The SMILES string of the molecule is CC(C)(C)CC(C)(C)c1cc(C=Nc2cccc3cccnc23)c(O)c([N+](=O)[O-])c1. The van der Waals surface area contributed by atoms with Crippen molar-refractivity contribution in [3.8, 4) is 5.75 Å². The van der Waals surface area contributed by atoms with Crippen LogP contribution in [0.1, 0.15) is 52.2 Å². The maximum Gasteiger partial charge on any atom is 0.311 e. The molecule has 0 aliphatic carbocycles. The van der Waals surface area contributed by atoms with Crippen molar-refractivity contribution in [2.75, 3.05) is 0 Å². The third kappa shape index (κ3) is 4.64. The van der Waals surface area contributed by atoms with Gasteiger partial charge < -0.3 is 5.11 Å². The first-order valence-corrected chi connectivity index (χ1v) is 9.88. The summed E-state index contributed by atoms with van der Waals surface area (Å²) in [5.41, 5.74) is 1.88. The Hall–Kier alpha value is -3.28. The topological polar surface area (TPSA) is 88.6 Å². The molecule has 6 nitrogen and oxygen atoms in total. The van der Waals surface area contributed by atoms with Gasteiger partial charge in [-0.3, -0.25) is 20.1 Å². The van der Waals surface area contributed by atoms with E-state index in [1.807, 2.05) is 30.3 Å². The van der Waals surface area contributed by atoms with Crippen LogP contribution in [0.3, 0.4) is 0 Å². The van der Waals surface area contributed by atoms with E-state index in [-0.39, 0.29) is 22.3 Å². The molecule has 0 saturated heterocycles. The van der Waals surface area contributed by atoms with Crippen LogP contribution in [0.2, 0.25) is 0 Å². The first kappa shape index (κ1) is 21.4. The van der Waals surface area contributed by atoms with Crippen molar-refractivity contribution in [3.05, 3.63) is 69.9 Å². The van der Waals surface area contributed by atoms with E-state index in [1.165, 1.54) is 12.3 Å². The summed E-state index contributed by atoms with van der Waals surface area (Å²) < 4.78 is 0. The number of hydrogen-bond donors (Lipinski definition) is 1. The van der Waals surface area contributed by atoms with Gasteiger partial charge in [-0.05, 0) is 41.0 Å². The minimum absolute atomic E-state index is 0.0407. The number of rotatable bonds is 5. The van der Waals surface area contributed by atoms with E-state index in [0.717, 1.165) is 22.9 Å². The summed E-state index contributed by atoms with van der Waals surface area (Å²) in [6.07, 6.45) is 3.99. The summed E-state index contributed by atoms with van der Waals surface area (Å²) in [5.74, 6) is -0.382. The molecule has 2 aromatic carbocycles. The molecule has 0 spiro atoms. The van der Waals surface area contributed by atoms with Crippen molar-refractivity contribution in [3.63, 3.8) is 0 Å². The number of fused-ring (bicyclic) bond motifs is 1. The maximum absolute atomic E-state index is 11.6. The van der Waals surface area contributed by atoms with Gasteiger partial charge in [-0.2, -0.15) is 0 Å². The molecule has 0 fully saturated rings. The zero-order valence-corrected chi connectivity index (χ0v) is 18.0. The van der Waals surface area contributed by atoms with E-state index < -0.39 is 4.92 Å². The van der Waals surface area contributed by atoms with E-state index >= 15 is 0 Å². The second-order valence-corrected chi connectivity index (χ2v) is 9.42. The first-order chi connectivity index (χ1) is 14.0. The highest BCUT2D eigenvalue weighted by molar-refractivity contribution is 5.94. The van der Waals surface area contributed by atoms with Crippen LogP contribution in [0.15, 0.2) is 53.7 Å². The smallest absolute Gasteiger partial charge is 0.311 e. The quantitative estimate of drug-likeness (QED) is 0.306. The Balaban J connectivity index is 2.11. The Morgan fingerprint density at radius 1 is 1.13 bits per heavy atom. The van der Waals surface area contributed by atoms with Gasteiger partial charge in [0.25, 0.3) is 0 Å². The third-order valence-corrected chi connectivity index (χ3v) is 5.02. The molecule has 1 N–H and O–H groups in total. The lowest BCUT2D eigenvalue weighted by molar-refractivity contribution is -0.386. The zero-order chi connectivity index (χ0) is 22.1. The lowest BCUT2D eigenvalue weighted by Gasteiger charge is -2.33. The molecule has 30 heavy (non-hydrogen) atoms. The van der Waals surface area contributed by atoms with Crippen LogP contribution in [-0.4, -0.2) is 21.2 Å². The van der Waals surface area contributed by atoms with Crippen LogP contribution < -0.4 is 0 Å². The molecule has 0 bridgehead atoms. The molecule has 1 aromatic heterocycles. The lowest BCUT2D eigenvalue weighted by Crippen LogP contribution is -2.25. The van der Waals surface area contributed by atoms with Gasteiger partial charge in [0.2, 0.25) is 5.75 Å². The fourth-order valence-corrected chi connectivity index (χ4v) is 4.03. The summed E-state index contributed by atoms with van der Waals surface area (Å²) >= 11 is 0. The van der Waals surface area contributed by atoms with Gasteiger partial charge in [0, 0.05) is 29.4 Å². The van der Waals surface area contributed by atoms with E-state index in [2.05, 4.69) is 44.6 Å². The summed E-state index contributed by atoms with van der Waals surface area (Å²) in [5, 5.41) is 23.0. The highest BCUT2D eigenvalue weighted by Gasteiger charge is 2.30. The average molecular weight is 405 g/mol. The highest BCUT2D eigenvalue weighted by atomic mass is 16.6. The summed E-state index contributed by atoms with van der Waals surface area (Å²) in [6, 6.07) is 12.7. The van der Waals surface area contributed by atoms with Crippen molar-refractivity contribution < 1.29 is 10.0 Å². The molecule has 0 aliphatic heterocycles. The Morgan fingerprint density at radius 2 is 1.83 bits per heavy atom. The van der Waals surface area contributed by atoms with Gasteiger partial charge in [-0.25, -0.2) is 0 Å². The molecule has 1 heterocycles. The number of phenolic OH excluding ortho intramolecular Hbond substituents is 1. The molecule has 0 saturated carbocycles. The van der Waals surface area contributed by atoms with Gasteiger partial charge in [-0.1, -0.05) is 52.8 Å². The minimum atomic E-state index is -0.553. The molecule has 3 rings (SSSR count). The molecule has 0 radical (unpaired) electrons. The fraction of sp³-hybridized carbons (Fsp3) is 0.333. The number of aromatic nitrogens is 1. The fourth-order valence-electron chi connectivity index (χ4n) is 4.03. The predicted molar refractivity (Wildman–Crippen MR) is 121 cm³/mol. The van der Waals surface area contributed by atoms with Crippen LogP contribution in [0.5, 0.6) is 5.75 Å². The summed E-state index contributed by atoms with van der Waals surface area (Å²) in [7, 11) is 0. The molecule has 0 amide bonds. The van der Waals surface area contributed by atoms with Gasteiger partial charge in [-0.15, -0.1) is 0 Å². The van der Waals surface area contributed by atoms with E-state index in [4.69, 9.17) is 0 Å². The summed E-state index contributed by atoms with van der Waals surface area (Å²) in [6.45, 7) is 10.5. The minimum Gasteiger partial charge on any atom is -0.502 e. The number of para-hydroxylation sites is 1. The standard InChI is InChI=1S/C24H27N3O3/c1-23(2,3)15-24(4,5)18-12-17(22(28)20(13-18)27(29)30)14-26-19-10-6-8-16-9-7-11-25-21(16)19/h6-14,28H,15H2,1-5H3. The van der Waals surface area contributed by atoms with Crippen molar-refractivity contribution in [1.29, 1.82) is 0 Å². The molecule has 0 unspecified atom stereocenters. The number of pyridine rings is 1. The number of nitro benzene ring substituents is 1. The number of aromatic hydroxyl groups is 1. The predicted octanol–water partition coefficient (Wildman–Crippen LogP) is 6.31. The molecular formula is C24H27N3O3. The van der Waals surface area contributed by atoms with Crippen molar-refractivity contribution >= 4 is 28.5 Å². The number of aliphatic imine (C=N–C) groups is 1.